The van der Waals surface area contributed by atoms with Crippen LogP contribution in [0.5, 0.6) is 0 Å². The van der Waals surface area contributed by atoms with Crippen molar-refractivity contribution in [1.82, 2.24) is 9.59 Å². The number of esters is 1. The van der Waals surface area contributed by atoms with Crippen LogP contribution in [0, 0.1) is 0 Å². The van der Waals surface area contributed by atoms with Crippen molar-refractivity contribution >= 4 is 23.3 Å². The van der Waals surface area contributed by atoms with E-state index in [2.05, 4.69) is 9.59 Å². The van der Waals surface area contributed by atoms with Crippen LogP contribution in [0.2, 0.25) is 0 Å². The van der Waals surface area contributed by atoms with Crippen LogP contribution in [-0.4, -0.2) is 26.9 Å². The zero-order valence-corrected chi connectivity index (χ0v) is 12.9. The van der Waals surface area contributed by atoms with E-state index in [-0.39, 0.29) is 18.2 Å². The zero-order chi connectivity index (χ0) is 15.5. The van der Waals surface area contributed by atoms with Crippen molar-refractivity contribution in [2.75, 3.05) is 0 Å². The fourth-order valence-electron chi connectivity index (χ4n) is 1.66. The van der Waals surface area contributed by atoms with Gasteiger partial charge in [-0.1, -0.05) is 16.6 Å². The molecular weight excluding hydrogens is 288 g/mol. The molecule has 0 radical (unpaired) electrons. The highest BCUT2D eigenvalue weighted by atomic mass is 32.1. The summed E-state index contributed by atoms with van der Waals surface area (Å²) >= 11 is 1.15. The van der Waals surface area contributed by atoms with Gasteiger partial charge in [0.1, 0.15) is 11.3 Å². The minimum Gasteiger partial charge on any atom is -0.456 e. The predicted octanol–water partition coefficient (Wildman–Crippen LogP) is 2.92. The summed E-state index contributed by atoms with van der Waals surface area (Å²) in [5, 5.41) is 5.37. The second-order valence-corrected chi connectivity index (χ2v) is 6.20. The molecular formula is C15H16N2O3S. The summed E-state index contributed by atoms with van der Waals surface area (Å²) in [4.78, 5) is 23.8. The van der Waals surface area contributed by atoms with E-state index < -0.39 is 5.60 Å². The Hall–Kier alpha value is -2.08. The molecule has 0 amide bonds. The first-order valence-electron chi connectivity index (χ1n) is 6.48. The second-order valence-electron chi connectivity index (χ2n) is 5.59. The van der Waals surface area contributed by atoms with Crippen LogP contribution in [0.4, 0.5) is 0 Å². The first kappa shape index (κ1) is 15.3. The number of rotatable bonds is 4. The van der Waals surface area contributed by atoms with Crippen molar-refractivity contribution in [3.63, 3.8) is 0 Å². The van der Waals surface area contributed by atoms with Crippen molar-refractivity contribution in [3.05, 3.63) is 46.5 Å². The molecule has 1 heterocycles. The number of carbonyl (C=O) groups excluding carboxylic acids is 2. The third-order valence-corrected chi connectivity index (χ3v) is 3.10. The third-order valence-electron chi connectivity index (χ3n) is 2.60. The molecule has 0 saturated carbocycles. The van der Waals surface area contributed by atoms with Gasteiger partial charge >= 0.3 is 5.97 Å². The Balaban J connectivity index is 2.02. The van der Waals surface area contributed by atoms with Crippen LogP contribution >= 0.6 is 11.5 Å². The highest BCUT2D eigenvalue weighted by Crippen LogP contribution is 2.14. The van der Waals surface area contributed by atoms with Crippen LogP contribution in [0.1, 0.15) is 47.2 Å². The number of aromatic nitrogens is 2. The number of ether oxygens (including phenoxy) is 1. The highest BCUT2D eigenvalue weighted by molar-refractivity contribution is 7.03. The van der Waals surface area contributed by atoms with E-state index >= 15 is 0 Å². The quantitative estimate of drug-likeness (QED) is 0.641. The molecule has 2 aromatic rings. The lowest BCUT2D eigenvalue weighted by Crippen LogP contribution is -2.23. The Kier molecular flexibility index (Phi) is 4.47. The van der Waals surface area contributed by atoms with Crippen molar-refractivity contribution in [2.24, 2.45) is 0 Å². The molecule has 0 aliphatic heterocycles. The molecule has 0 atom stereocenters. The lowest BCUT2D eigenvalue weighted by molar-refractivity contribution is 0.00695. The standard InChI is InChI=1S/C15H16N2O3S/c1-15(2,3)20-14(19)11-6-4-10(5-7-11)8-13(18)12-9-21-17-16-12/h4-7,9H,8H2,1-3H3. The normalized spacial score (nSPS) is 11.2. The molecule has 6 heteroatoms. The molecule has 5 nitrogen and oxygen atoms in total. The fourth-order valence-corrected chi connectivity index (χ4v) is 2.12. The van der Waals surface area contributed by atoms with Crippen molar-refractivity contribution < 1.29 is 14.3 Å². The summed E-state index contributed by atoms with van der Waals surface area (Å²) in [6.07, 6.45) is 0.236. The lowest BCUT2D eigenvalue weighted by Gasteiger charge is -2.19. The molecule has 0 unspecified atom stereocenters. The Labute approximate surface area is 127 Å². The molecule has 0 bridgehead atoms. The number of nitrogens with zero attached hydrogens (tertiary/aromatic N) is 2. The zero-order valence-electron chi connectivity index (χ0n) is 12.1. The van der Waals surface area contributed by atoms with E-state index in [1.165, 1.54) is 0 Å². The van der Waals surface area contributed by atoms with E-state index in [1.807, 2.05) is 20.8 Å². The van der Waals surface area contributed by atoms with Crippen molar-refractivity contribution in [2.45, 2.75) is 32.8 Å². The van der Waals surface area contributed by atoms with Gasteiger partial charge in [0.15, 0.2) is 5.78 Å². The van der Waals surface area contributed by atoms with Gasteiger partial charge in [-0.2, -0.15) is 0 Å². The van der Waals surface area contributed by atoms with E-state index in [0.29, 0.717) is 11.3 Å². The van der Waals surface area contributed by atoms with E-state index in [9.17, 15) is 9.59 Å². The minimum absolute atomic E-state index is 0.0891. The first-order valence-corrected chi connectivity index (χ1v) is 7.31. The molecule has 1 aromatic heterocycles. The Morgan fingerprint density at radius 3 is 2.38 bits per heavy atom. The van der Waals surface area contributed by atoms with E-state index in [0.717, 1.165) is 17.1 Å². The highest BCUT2D eigenvalue weighted by Gasteiger charge is 2.18. The molecule has 0 N–H and O–H groups in total. The maximum Gasteiger partial charge on any atom is 0.338 e. The molecule has 1 aromatic carbocycles. The van der Waals surface area contributed by atoms with Gasteiger partial charge in [0.05, 0.1) is 5.56 Å². The number of hydrogen-bond donors (Lipinski definition) is 0. The topological polar surface area (TPSA) is 69.2 Å². The molecule has 0 aliphatic rings. The van der Waals surface area contributed by atoms with Crippen LogP contribution in [0.25, 0.3) is 0 Å². The molecule has 0 saturated heterocycles. The monoisotopic (exact) mass is 304 g/mol. The van der Waals surface area contributed by atoms with Crippen molar-refractivity contribution in [1.29, 1.82) is 0 Å². The molecule has 21 heavy (non-hydrogen) atoms. The smallest absolute Gasteiger partial charge is 0.338 e. The van der Waals surface area contributed by atoms with Gasteiger partial charge in [0, 0.05) is 11.8 Å². The van der Waals surface area contributed by atoms with Gasteiger partial charge in [-0.05, 0) is 50.0 Å². The molecule has 110 valence electrons. The summed E-state index contributed by atoms with van der Waals surface area (Å²) in [6.45, 7) is 5.46. The van der Waals surface area contributed by atoms with E-state index in [1.54, 1.807) is 29.6 Å². The predicted molar refractivity (Wildman–Crippen MR) is 79.6 cm³/mol. The Bertz CT molecular complexity index is 628. The Morgan fingerprint density at radius 2 is 1.86 bits per heavy atom. The Morgan fingerprint density at radius 1 is 1.19 bits per heavy atom. The largest absolute Gasteiger partial charge is 0.456 e. The summed E-state index contributed by atoms with van der Waals surface area (Å²) in [5.41, 5.74) is 1.14. The van der Waals surface area contributed by atoms with Crippen molar-refractivity contribution in [3.8, 4) is 0 Å². The number of hydrogen-bond acceptors (Lipinski definition) is 6. The van der Waals surface area contributed by atoms with E-state index in [4.69, 9.17) is 4.74 Å². The first-order chi connectivity index (χ1) is 9.85. The number of Topliss-reactive ketones (excluding diaryl/α,β-unsaturated/α-hetero) is 1. The maximum absolute atomic E-state index is 11.9. The van der Waals surface area contributed by atoms with Crippen LogP contribution < -0.4 is 0 Å². The lowest BCUT2D eigenvalue weighted by atomic mass is 10.1. The van der Waals surface area contributed by atoms with Gasteiger partial charge in [-0.15, -0.1) is 5.10 Å². The van der Waals surface area contributed by atoms with Gasteiger partial charge in [0.25, 0.3) is 0 Å². The fraction of sp³-hybridized carbons (Fsp3) is 0.333. The summed E-state index contributed by atoms with van der Waals surface area (Å²) in [5.74, 6) is -0.460. The SMILES string of the molecule is CC(C)(C)OC(=O)c1ccc(CC(=O)c2csnn2)cc1. The second kappa shape index (κ2) is 6.13. The maximum atomic E-state index is 11.9. The minimum atomic E-state index is -0.524. The van der Waals surface area contributed by atoms with Gasteiger partial charge < -0.3 is 4.74 Å². The molecule has 0 spiro atoms. The number of benzene rings is 1. The van der Waals surface area contributed by atoms with Gasteiger partial charge in [-0.3, -0.25) is 4.79 Å². The molecule has 0 fully saturated rings. The summed E-state index contributed by atoms with van der Waals surface area (Å²) < 4.78 is 8.95. The van der Waals surface area contributed by atoms with Crippen LogP contribution in [0.3, 0.4) is 0 Å². The summed E-state index contributed by atoms with van der Waals surface area (Å²) in [6, 6.07) is 6.82. The molecule has 0 aliphatic carbocycles. The average Bonchev–Trinajstić information content (AvgIpc) is 2.91. The van der Waals surface area contributed by atoms with Gasteiger partial charge in [0.2, 0.25) is 0 Å². The average molecular weight is 304 g/mol. The number of carbonyl (C=O) groups is 2. The van der Waals surface area contributed by atoms with Crippen LogP contribution in [0.15, 0.2) is 29.6 Å². The van der Waals surface area contributed by atoms with Crippen LogP contribution in [-0.2, 0) is 11.2 Å². The summed E-state index contributed by atoms with van der Waals surface area (Å²) in [7, 11) is 0. The molecule has 2 rings (SSSR count). The van der Waals surface area contributed by atoms with Gasteiger partial charge in [-0.25, -0.2) is 4.79 Å². The number of ketones is 1. The third kappa shape index (κ3) is 4.46.